The van der Waals surface area contributed by atoms with Gasteiger partial charge in [-0.1, -0.05) is 12.1 Å². The van der Waals surface area contributed by atoms with Crippen LogP contribution < -0.4 is 0 Å². The first kappa shape index (κ1) is 21.5. The molecule has 5 aromatic rings. The molecule has 0 amide bonds. The second kappa shape index (κ2) is 8.46. The van der Waals surface area contributed by atoms with Gasteiger partial charge in [-0.3, -0.25) is 15.0 Å². The van der Waals surface area contributed by atoms with Crippen LogP contribution in [-0.2, 0) is 4.74 Å². The molecule has 0 unspecified atom stereocenters. The number of pyridine rings is 1. The Hall–Kier alpha value is -3.62. The van der Waals surface area contributed by atoms with E-state index in [0.717, 1.165) is 52.1 Å². The van der Waals surface area contributed by atoms with Gasteiger partial charge < -0.3 is 4.74 Å². The number of likely N-dealkylation sites (tertiary alicyclic amines) is 1. The third-order valence-corrected chi connectivity index (χ3v) is 8.78. The van der Waals surface area contributed by atoms with E-state index in [0.29, 0.717) is 24.1 Å². The van der Waals surface area contributed by atoms with Crippen molar-refractivity contribution >= 4 is 16.6 Å². The number of nitrogens with zero attached hydrogens (tertiary/aromatic N) is 6. The Morgan fingerprint density at radius 2 is 1.84 bits per heavy atom. The molecule has 186 valence electrons. The Balaban J connectivity index is 1.21. The standard InChI is InChI=1S/C29H29N7O/c1-2-23(24-15-32-33-25(24)3-1)27-28(19-8-11-30-12-9-19)34-36-26(10-13-31-29(27)36)18-4-6-20(7-5-18)35-16-22-14-21(35)17-37-22/h1-3,8-13,15,18,20-22H,4-7,14,16-17H2,(H,32,33)/t18-,20-,21-,22-/m0/s1. The van der Waals surface area contributed by atoms with Crippen molar-refractivity contribution in [2.45, 2.75) is 56.2 Å². The maximum absolute atomic E-state index is 5.85. The molecule has 3 aliphatic rings. The number of aromatic amines is 1. The average molecular weight is 492 g/mol. The van der Waals surface area contributed by atoms with Crippen molar-refractivity contribution < 1.29 is 4.74 Å². The Morgan fingerprint density at radius 1 is 0.946 bits per heavy atom. The summed E-state index contributed by atoms with van der Waals surface area (Å²) < 4.78 is 7.96. The minimum Gasteiger partial charge on any atom is -0.375 e. The normalized spacial score (nSPS) is 25.9. The van der Waals surface area contributed by atoms with Crippen LogP contribution >= 0.6 is 0 Å². The minimum absolute atomic E-state index is 0.469. The molecule has 2 atom stereocenters. The third kappa shape index (κ3) is 3.43. The van der Waals surface area contributed by atoms with Crippen molar-refractivity contribution in [3.05, 3.63) is 66.9 Å². The zero-order valence-electron chi connectivity index (χ0n) is 20.6. The molecular formula is C29H29N7O. The molecule has 2 bridgehead atoms. The summed E-state index contributed by atoms with van der Waals surface area (Å²) >= 11 is 0. The Bertz CT molecular complexity index is 1580. The molecule has 8 nitrogen and oxygen atoms in total. The summed E-state index contributed by atoms with van der Waals surface area (Å²) in [6, 6.07) is 13.8. The third-order valence-electron chi connectivity index (χ3n) is 8.78. The van der Waals surface area contributed by atoms with E-state index in [1.807, 2.05) is 36.9 Å². The van der Waals surface area contributed by atoms with Gasteiger partial charge in [0.05, 0.1) is 30.0 Å². The van der Waals surface area contributed by atoms with Crippen molar-refractivity contribution in [2.24, 2.45) is 0 Å². The minimum atomic E-state index is 0.469. The molecule has 8 rings (SSSR count). The summed E-state index contributed by atoms with van der Waals surface area (Å²) in [5.41, 5.74) is 7.27. The van der Waals surface area contributed by atoms with Gasteiger partial charge in [-0.15, -0.1) is 0 Å². The molecule has 1 N–H and O–H groups in total. The van der Waals surface area contributed by atoms with Crippen LogP contribution in [0.15, 0.2) is 61.2 Å². The molecule has 0 spiro atoms. The van der Waals surface area contributed by atoms with Gasteiger partial charge in [-0.25, -0.2) is 9.50 Å². The maximum Gasteiger partial charge on any atom is 0.163 e. The number of nitrogens with one attached hydrogen (secondary N) is 1. The van der Waals surface area contributed by atoms with Crippen molar-refractivity contribution in [3.8, 4) is 22.4 Å². The van der Waals surface area contributed by atoms with Gasteiger partial charge in [0.1, 0.15) is 5.69 Å². The highest BCUT2D eigenvalue weighted by molar-refractivity contribution is 6.02. The van der Waals surface area contributed by atoms with Gasteiger partial charge in [0.25, 0.3) is 0 Å². The van der Waals surface area contributed by atoms with Crippen LogP contribution in [0.3, 0.4) is 0 Å². The topological polar surface area (TPSA) is 84.2 Å². The fourth-order valence-electron chi connectivity index (χ4n) is 7.00. The summed E-state index contributed by atoms with van der Waals surface area (Å²) in [7, 11) is 0. The van der Waals surface area contributed by atoms with E-state index in [2.05, 4.69) is 48.9 Å². The summed E-state index contributed by atoms with van der Waals surface area (Å²) in [5.74, 6) is 0.473. The fraction of sp³-hybridized carbons (Fsp3) is 0.379. The van der Waals surface area contributed by atoms with Crippen LogP contribution in [0.5, 0.6) is 0 Å². The number of benzene rings is 1. The van der Waals surface area contributed by atoms with Crippen LogP contribution in [0.1, 0.15) is 43.7 Å². The lowest BCUT2D eigenvalue weighted by Gasteiger charge is -2.39. The van der Waals surface area contributed by atoms with Crippen molar-refractivity contribution in [3.63, 3.8) is 0 Å². The highest BCUT2D eigenvalue weighted by Crippen LogP contribution is 2.42. The zero-order valence-corrected chi connectivity index (χ0v) is 20.6. The number of hydrogen-bond donors (Lipinski definition) is 1. The number of ether oxygens (including phenoxy) is 1. The Kier molecular flexibility index (Phi) is 4.91. The van der Waals surface area contributed by atoms with Crippen molar-refractivity contribution in [1.29, 1.82) is 0 Å². The second-order valence-electron chi connectivity index (χ2n) is 10.7. The zero-order chi connectivity index (χ0) is 24.3. The SMILES string of the molecule is c1cc(-c2c(-c3ccncc3)nn3c2nccc3[C@H]2CC[C@H](N3C[C@@H]4C[C@H]3CO4)CC2)c2cn[nH]c2c1. The molecule has 8 heteroatoms. The summed E-state index contributed by atoms with van der Waals surface area (Å²) in [5, 5.41) is 13.7. The number of hydrogen-bond acceptors (Lipinski definition) is 6. The lowest BCUT2D eigenvalue weighted by molar-refractivity contribution is 0.00262. The predicted molar refractivity (Wildman–Crippen MR) is 141 cm³/mol. The number of fused-ring (bicyclic) bond motifs is 4. The lowest BCUT2D eigenvalue weighted by Crippen LogP contribution is -2.45. The van der Waals surface area contributed by atoms with Gasteiger partial charge >= 0.3 is 0 Å². The molecule has 4 aromatic heterocycles. The van der Waals surface area contributed by atoms with Gasteiger partial charge in [0, 0.05) is 59.8 Å². The van der Waals surface area contributed by atoms with Crippen molar-refractivity contribution in [2.75, 3.05) is 13.2 Å². The lowest BCUT2D eigenvalue weighted by atomic mass is 9.83. The second-order valence-corrected chi connectivity index (χ2v) is 10.7. The predicted octanol–water partition coefficient (Wildman–Crippen LogP) is 4.83. The molecule has 3 fully saturated rings. The molecule has 6 heterocycles. The van der Waals surface area contributed by atoms with Crippen LogP contribution in [0.2, 0.25) is 0 Å². The highest BCUT2D eigenvalue weighted by atomic mass is 16.5. The van der Waals surface area contributed by atoms with Crippen LogP contribution in [0, 0.1) is 0 Å². The van der Waals surface area contributed by atoms with E-state index in [4.69, 9.17) is 14.8 Å². The van der Waals surface area contributed by atoms with E-state index >= 15 is 0 Å². The van der Waals surface area contributed by atoms with Gasteiger partial charge in [0.15, 0.2) is 5.65 Å². The van der Waals surface area contributed by atoms with Gasteiger partial charge in [-0.05, 0) is 61.9 Å². The maximum atomic E-state index is 5.85. The fourth-order valence-corrected chi connectivity index (χ4v) is 7.00. The highest BCUT2D eigenvalue weighted by Gasteiger charge is 2.43. The van der Waals surface area contributed by atoms with Crippen LogP contribution in [-0.4, -0.2) is 66.0 Å². The number of morpholine rings is 1. The first-order valence-electron chi connectivity index (χ1n) is 13.4. The molecule has 1 aliphatic carbocycles. The van der Waals surface area contributed by atoms with E-state index in [-0.39, 0.29) is 0 Å². The van der Waals surface area contributed by atoms with E-state index in [9.17, 15) is 0 Å². The molecule has 37 heavy (non-hydrogen) atoms. The first-order chi connectivity index (χ1) is 18.3. The number of aromatic nitrogens is 6. The molecule has 0 radical (unpaired) electrons. The quantitative estimate of drug-likeness (QED) is 0.388. The smallest absolute Gasteiger partial charge is 0.163 e. The van der Waals surface area contributed by atoms with E-state index in [1.54, 1.807) is 0 Å². The summed E-state index contributed by atoms with van der Waals surface area (Å²) in [4.78, 5) is 11.9. The molecular weight excluding hydrogens is 462 g/mol. The summed E-state index contributed by atoms with van der Waals surface area (Å²) in [6.07, 6.45) is 14.0. The number of H-pyrrole nitrogens is 1. The Labute approximate surface area is 214 Å². The average Bonchev–Trinajstić information content (AvgIpc) is 3.76. The van der Waals surface area contributed by atoms with Crippen LogP contribution in [0.25, 0.3) is 38.9 Å². The number of rotatable bonds is 4. The van der Waals surface area contributed by atoms with Crippen molar-refractivity contribution in [1.82, 2.24) is 34.7 Å². The van der Waals surface area contributed by atoms with Gasteiger partial charge in [0.2, 0.25) is 0 Å². The Morgan fingerprint density at radius 3 is 2.65 bits per heavy atom. The van der Waals surface area contributed by atoms with Gasteiger partial charge in [-0.2, -0.15) is 10.2 Å². The van der Waals surface area contributed by atoms with E-state index < -0.39 is 0 Å². The van der Waals surface area contributed by atoms with E-state index in [1.165, 1.54) is 37.8 Å². The molecule has 2 saturated heterocycles. The molecule has 2 aliphatic heterocycles. The molecule has 1 saturated carbocycles. The monoisotopic (exact) mass is 491 g/mol. The summed E-state index contributed by atoms with van der Waals surface area (Å²) in [6.45, 7) is 2.05. The first-order valence-corrected chi connectivity index (χ1v) is 13.4. The van der Waals surface area contributed by atoms with Crippen LogP contribution in [0.4, 0.5) is 0 Å². The largest absolute Gasteiger partial charge is 0.375 e. The molecule has 1 aromatic carbocycles.